The average Bonchev–Trinajstić information content (AvgIpc) is 1.41. The molecule has 0 heterocycles. The number of nitrogens with one attached hydrogen (secondary N) is 1. The first-order valence-corrected chi connectivity index (χ1v) is 2.69. The van der Waals surface area contributed by atoms with E-state index < -0.39 is 8.03 Å². The van der Waals surface area contributed by atoms with Crippen molar-refractivity contribution in [3.05, 3.63) is 4.91 Å². The lowest BCUT2D eigenvalue weighted by Crippen LogP contribution is -1.35. The predicted molar refractivity (Wildman–Crippen MR) is 21.8 cm³/mol. The van der Waals surface area contributed by atoms with E-state index in [-0.39, 0.29) is 0 Å². The van der Waals surface area contributed by atoms with Crippen LogP contribution in [-0.2, 0) is 4.57 Å². The van der Waals surface area contributed by atoms with Gasteiger partial charge < -0.3 is 0 Å². The van der Waals surface area contributed by atoms with Gasteiger partial charge in [0.2, 0.25) is 0 Å². The van der Waals surface area contributed by atoms with Crippen LogP contribution in [0.2, 0.25) is 0 Å². The first-order chi connectivity index (χ1) is 2.73. The second kappa shape index (κ2) is 8.82. The van der Waals surface area contributed by atoms with Crippen LogP contribution < -0.4 is 0 Å². The van der Waals surface area contributed by atoms with E-state index in [9.17, 15) is 0 Å². The SMILES string of the molecule is C[P+](=O)O.N=O. The van der Waals surface area contributed by atoms with Crippen molar-refractivity contribution < 1.29 is 9.46 Å². The molecule has 0 amide bonds. The highest BCUT2D eigenvalue weighted by Crippen LogP contribution is 1.99. The zero-order valence-electron chi connectivity index (χ0n) is 3.21. The highest BCUT2D eigenvalue weighted by atomic mass is 31.1. The van der Waals surface area contributed by atoms with Crippen molar-refractivity contribution in [2.75, 3.05) is 6.66 Å². The zero-order valence-corrected chi connectivity index (χ0v) is 4.11. The maximum Gasteiger partial charge on any atom is 0.502 e. The lowest BCUT2D eigenvalue weighted by atomic mass is 12.0. The van der Waals surface area contributed by atoms with Crippen LogP contribution in [0.1, 0.15) is 0 Å². The molecule has 0 radical (unpaired) electrons. The number of nitroso groups, excluding NO2 is 1. The molecule has 2 N–H and O–H groups in total. The second-order valence-corrected chi connectivity index (χ2v) is 1.39. The van der Waals surface area contributed by atoms with Gasteiger partial charge in [-0.25, -0.2) is 0 Å². The molecule has 0 saturated heterocycles. The molecule has 0 rings (SSSR count). The Kier molecular flexibility index (Phi) is 13.5. The van der Waals surface area contributed by atoms with Crippen LogP contribution in [-0.4, -0.2) is 11.6 Å². The Morgan fingerprint density at radius 3 is 1.67 bits per heavy atom. The summed E-state index contributed by atoms with van der Waals surface area (Å²) in [7, 11) is -1.87. The first kappa shape index (κ1) is 9.18. The van der Waals surface area contributed by atoms with Crippen LogP contribution in [0.5, 0.6) is 0 Å². The number of rotatable bonds is 0. The van der Waals surface area contributed by atoms with Gasteiger partial charge in [-0.15, -0.1) is 0 Å². The minimum absolute atomic E-state index is 1.23. The van der Waals surface area contributed by atoms with Gasteiger partial charge in [-0.1, -0.05) is 5.59 Å². The Morgan fingerprint density at radius 1 is 1.67 bits per heavy atom. The highest BCUT2D eigenvalue weighted by Gasteiger charge is 1.86. The van der Waals surface area contributed by atoms with Crippen molar-refractivity contribution in [2.24, 2.45) is 0 Å². The summed E-state index contributed by atoms with van der Waals surface area (Å²) in [6.45, 7) is 1.23. The Labute approximate surface area is 35.8 Å². The lowest BCUT2D eigenvalue weighted by molar-refractivity contribution is 0.509. The van der Waals surface area contributed by atoms with Crippen LogP contribution in [0.4, 0.5) is 0 Å². The summed E-state index contributed by atoms with van der Waals surface area (Å²) < 4.78 is 9.15. The molecule has 0 aliphatic heterocycles. The van der Waals surface area contributed by atoms with Crippen molar-refractivity contribution in [1.82, 2.24) is 0 Å². The molecule has 0 aliphatic rings. The third-order valence-corrected chi connectivity index (χ3v) is 0. The molecule has 0 spiro atoms. The van der Waals surface area contributed by atoms with Gasteiger partial charge >= 0.3 is 8.03 Å². The smallest absolute Gasteiger partial charge is 0.161 e. The van der Waals surface area contributed by atoms with Crippen molar-refractivity contribution in [2.45, 2.75) is 0 Å². The third kappa shape index (κ3) is 224. The molecule has 1 unspecified atom stereocenters. The number of hydrogen-bond acceptors (Lipinski definition) is 3. The Hall–Kier alpha value is -0.340. The molecule has 0 fully saturated rings. The molecule has 0 saturated carbocycles. The highest BCUT2D eigenvalue weighted by molar-refractivity contribution is 7.36. The predicted octanol–water partition coefficient (Wildman–Crippen LogP) is 0.682. The van der Waals surface area contributed by atoms with Gasteiger partial charge in [0.1, 0.15) is 0 Å². The quantitative estimate of drug-likeness (QED) is 0.355. The van der Waals surface area contributed by atoms with Gasteiger partial charge in [0.15, 0.2) is 6.66 Å². The number of hydrogen-bond donors (Lipinski definition) is 2. The van der Waals surface area contributed by atoms with Crippen molar-refractivity contribution in [3.8, 4) is 0 Å². The molecule has 5 heteroatoms. The van der Waals surface area contributed by atoms with E-state index in [0.29, 0.717) is 0 Å². The molecule has 1 atom stereocenters. The Bertz CT molecular complexity index is 42.1. The van der Waals surface area contributed by atoms with Crippen LogP contribution in [0.15, 0.2) is 0 Å². The molecule has 0 aromatic rings. The van der Waals surface area contributed by atoms with Crippen molar-refractivity contribution >= 4 is 8.03 Å². The van der Waals surface area contributed by atoms with E-state index in [0.717, 1.165) is 0 Å². The van der Waals surface area contributed by atoms with E-state index in [1.807, 2.05) is 0 Å². The van der Waals surface area contributed by atoms with E-state index in [1.54, 1.807) is 0 Å². The molecule has 0 bridgehead atoms. The van der Waals surface area contributed by atoms with Gasteiger partial charge in [0.25, 0.3) is 0 Å². The van der Waals surface area contributed by atoms with E-state index in [1.165, 1.54) is 6.66 Å². The van der Waals surface area contributed by atoms with E-state index in [4.69, 9.17) is 14.4 Å². The fraction of sp³-hybridized carbons (Fsp3) is 1.00. The van der Waals surface area contributed by atoms with E-state index in [2.05, 4.69) is 5.59 Å². The average molecular weight is 110 g/mol. The fourth-order valence-electron chi connectivity index (χ4n) is 0. The summed E-state index contributed by atoms with van der Waals surface area (Å²) in [6.07, 6.45) is 0. The summed E-state index contributed by atoms with van der Waals surface area (Å²) in [5.41, 5.74) is 4.50. The second-order valence-electron chi connectivity index (χ2n) is 0.464. The molecular formula is CH5NO3P+. The van der Waals surface area contributed by atoms with Gasteiger partial charge in [0, 0.05) is 0 Å². The van der Waals surface area contributed by atoms with Crippen molar-refractivity contribution in [3.63, 3.8) is 0 Å². The Balaban J connectivity index is 0. The maximum absolute atomic E-state index is 9.15. The molecule has 0 aliphatic carbocycles. The summed E-state index contributed by atoms with van der Waals surface area (Å²) >= 11 is 0. The molecule has 4 nitrogen and oxygen atoms in total. The maximum atomic E-state index is 9.15. The van der Waals surface area contributed by atoms with E-state index >= 15 is 0 Å². The fourth-order valence-corrected chi connectivity index (χ4v) is 0. The standard InChI is InChI=1S/CH3O2P.HNO/c1-4(2)3;1-2/h1H3;1H/p+1. The summed E-state index contributed by atoms with van der Waals surface area (Å²) in [5, 5.41) is 0. The first-order valence-electron chi connectivity index (χ1n) is 1.03. The van der Waals surface area contributed by atoms with Gasteiger partial charge in [-0.3, -0.25) is 0 Å². The summed E-state index contributed by atoms with van der Waals surface area (Å²) in [6, 6.07) is 0. The van der Waals surface area contributed by atoms with Crippen LogP contribution in [0.25, 0.3) is 0 Å². The Morgan fingerprint density at radius 2 is 1.67 bits per heavy atom. The molecule has 0 aromatic heterocycles. The minimum atomic E-state index is -1.87. The summed E-state index contributed by atoms with van der Waals surface area (Å²) in [4.78, 5) is 15.1. The molecule has 36 valence electrons. The molecule has 0 aromatic carbocycles. The van der Waals surface area contributed by atoms with Crippen molar-refractivity contribution in [1.29, 1.82) is 5.59 Å². The topological polar surface area (TPSA) is 78.2 Å². The third-order valence-electron chi connectivity index (χ3n) is 0. The van der Waals surface area contributed by atoms with Crippen LogP contribution >= 0.6 is 8.03 Å². The monoisotopic (exact) mass is 110 g/mol. The zero-order chi connectivity index (χ0) is 5.58. The van der Waals surface area contributed by atoms with Crippen LogP contribution in [0, 0.1) is 10.5 Å². The normalized spacial score (nSPS) is 8.00. The largest absolute Gasteiger partial charge is 0.502 e. The minimum Gasteiger partial charge on any atom is -0.161 e. The lowest BCUT2D eigenvalue weighted by Gasteiger charge is -1.36. The van der Waals surface area contributed by atoms with Crippen LogP contribution in [0.3, 0.4) is 0 Å². The van der Waals surface area contributed by atoms with Gasteiger partial charge in [0.05, 0.1) is 0 Å². The summed E-state index contributed by atoms with van der Waals surface area (Å²) in [5.74, 6) is 0. The van der Waals surface area contributed by atoms with Gasteiger partial charge in [-0.05, 0) is 4.57 Å². The van der Waals surface area contributed by atoms with Gasteiger partial charge in [-0.2, -0.15) is 9.80 Å². The molecule has 6 heavy (non-hydrogen) atoms. The molecular weight excluding hydrogens is 105 g/mol.